The Bertz CT molecular complexity index is 678. The van der Waals surface area contributed by atoms with Crippen molar-refractivity contribution in [1.29, 1.82) is 0 Å². The second-order valence-corrected chi connectivity index (χ2v) is 5.45. The summed E-state index contributed by atoms with van der Waals surface area (Å²) in [6.45, 7) is 7.90. The molecule has 0 saturated carbocycles. The number of pyridine rings is 1. The van der Waals surface area contributed by atoms with Gasteiger partial charge in [-0.2, -0.15) is 0 Å². The highest BCUT2D eigenvalue weighted by Gasteiger charge is 2.12. The van der Waals surface area contributed by atoms with E-state index < -0.39 is 5.97 Å². The molecule has 0 fully saturated rings. The average molecular weight is 285 g/mol. The number of aryl methyl sites for hydroxylation is 2. The van der Waals surface area contributed by atoms with Crippen molar-refractivity contribution < 1.29 is 14.6 Å². The van der Waals surface area contributed by atoms with Crippen molar-refractivity contribution >= 4 is 5.97 Å². The predicted molar refractivity (Wildman–Crippen MR) is 81.3 cm³/mol. The fraction of sp³-hybridized carbons (Fsp3) is 0.294. The average Bonchev–Trinajstić information content (AvgIpc) is 2.41. The van der Waals surface area contributed by atoms with Gasteiger partial charge in [-0.15, -0.1) is 0 Å². The fourth-order valence-corrected chi connectivity index (χ4v) is 2.02. The second kappa shape index (κ2) is 5.95. The lowest BCUT2D eigenvalue weighted by molar-refractivity contribution is 0.0696. The van der Waals surface area contributed by atoms with E-state index in [2.05, 4.69) is 4.98 Å². The molecule has 2 aromatic rings. The van der Waals surface area contributed by atoms with Crippen LogP contribution in [0.3, 0.4) is 0 Å². The first-order valence-electron chi connectivity index (χ1n) is 6.87. The summed E-state index contributed by atoms with van der Waals surface area (Å²) >= 11 is 0. The predicted octanol–water partition coefficient (Wildman–Crippen LogP) is 4.31. The number of carboxylic acid groups (broad SMARTS) is 1. The maximum Gasteiger partial charge on any atom is 0.335 e. The summed E-state index contributed by atoms with van der Waals surface area (Å²) in [5.41, 5.74) is 3.03. The first-order valence-corrected chi connectivity index (χ1v) is 6.87. The van der Waals surface area contributed by atoms with Gasteiger partial charge in [0.1, 0.15) is 5.75 Å². The number of ether oxygens (including phenoxy) is 1. The van der Waals surface area contributed by atoms with Crippen LogP contribution in [-0.4, -0.2) is 16.1 Å². The Labute approximate surface area is 124 Å². The van der Waals surface area contributed by atoms with Crippen LogP contribution in [0.2, 0.25) is 0 Å². The summed E-state index contributed by atoms with van der Waals surface area (Å²) in [7, 11) is 0. The van der Waals surface area contributed by atoms with Crippen LogP contribution in [0, 0.1) is 13.8 Å². The van der Waals surface area contributed by atoms with Crippen molar-refractivity contribution in [2.75, 3.05) is 0 Å². The van der Waals surface area contributed by atoms with Crippen LogP contribution in [0.5, 0.6) is 11.6 Å². The number of rotatable bonds is 4. The molecule has 4 heteroatoms. The molecular weight excluding hydrogens is 266 g/mol. The molecule has 0 unspecified atom stereocenters. The highest BCUT2D eigenvalue weighted by atomic mass is 16.5. The van der Waals surface area contributed by atoms with Crippen LogP contribution >= 0.6 is 0 Å². The molecule has 0 aliphatic rings. The maximum atomic E-state index is 11.2. The Morgan fingerprint density at radius 3 is 2.48 bits per heavy atom. The minimum absolute atomic E-state index is 0.130. The lowest BCUT2D eigenvalue weighted by atomic mass is 10.1. The molecule has 0 atom stereocenters. The number of aromatic nitrogens is 1. The summed E-state index contributed by atoms with van der Waals surface area (Å²) in [4.78, 5) is 15.6. The molecule has 21 heavy (non-hydrogen) atoms. The number of hydrogen-bond donors (Lipinski definition) is 1. The quantitative estimate of drug-likeness (QED) is 0.909. The monoisotopic (exact) mass is 285 g/mol. The van der Waals surface area contributed by atoms with Gasteiger partial charge in [-0.1, -0.05) is 31.5 Å². The molecule has 0 aliphatic carbocycles. The van der Waals surface area contributed by atoms with Gasteiger partial charge in [-0.3, -0.25) is 0 Å². The Morgan fingerprint density at radius 1 is 1.19 bits per heavy atom. The first-order chi connectivity index (χ1) is 9.86. The van der Waals surface area contributed by atoms with E-state index in [0.717, 1.165) is 11.1 Å². The van der Waals surface area contributed by atoms with Crippen LogP contribution in [0.15, 0.2) is 30.3 Å². The summed E-state index contributed by atoms with van der Waals surface area (Å²) < 4.78 is 5.77. The lowest BCUT2D eigenvalue weighted by Gasteiger charge is -2.12. The third kappa shape index (κ3) is 3.60. The Kier molecular flexibility index (Phi) is 4.26. The van der Waals surface area contributed by atoms with Crippen LogP contribution in [0.4, 0.5) is 0 Å². The molecule has 2 rings (SSSR count). The fourth-order valence-electron chi connectivity index (χ4n) is 2.02. The van der Waals surface area contributed by atoms with Crippen molar-refractivity contribution in [3.05, 3.63) is 52.7 Å². The zero-order valence-corrected chi connectivity index (χ0v) is 12.7. The normalized spacial score (nSPS) is 10.7. The van der Waals surface area contributed by atoms with Crippen molar-refractivity contribution in [3.8, 4) is 11.6 Å². The molecule has 110 valence electrons. The molecule has 0 amide bonds. The minimum Gasteiger partial charge on any atom is -0.478 e. The van der Waals surface area contributed by atoms with E-state index in [4.69, 9.17) is 4.74 Å². The van der Waals surface area contributed by atoms with E-state index in [1.807, 2.05) is 45.9 Å². The number of aromatic carboxylic acids is 1. The molecule has 0 bridgehead atoms. The van der Waals surface area contributed by atoms with Gasteiger partial charge in [-0.25, -0.2) is 9.78 Å². The molecule has 4 nitrogen and oxygen atoms in total. The number of nitrogens with zero attached hydrogens (tertiary/aromatic N) is 1. The Balaban J connectivity index is 2.41. The summed E-state index contributed by atoms with van der Waals surface area (Å²) in [5.74, 6) is 0.145. The number of hydrogen-bond acceptors (Lipinski definition) is 3. The summed E-state index contributed by atoms with van der Waals surface area (Å²) in [6, 6.07) is 8.87. The van der Waals surface area contributed by atoms with E-state index in [0.29, 0.717) is 17.3 Å². The largest absolute Gasteiger partial charge is 0.478 e. The lowest BCUT2D eigenvalue weighted by Crippen LogP contribution is -2.03. The molecule has 1 aromatic heterocycles. The molecule has 1 heterocycles. The minimum atomic E-state index is -0.982. The zero-order valence-electron chi connectivity index (χ0n) is 12.7. The van der Waals surface area contributed by atoms with Crippen LogP contribution in [-0.2, 0) is 0 Å². The highest BCUT2D eigenvalue weighted by Crippen LogP contribution is 2.27. The van der Waals surface area contributed by atoms with Gasteiger partial charge in [0.25, 0.3) is 0 Å². The van der Waals surface area contributed by atoms with Gasteiger partial charge >= 0.3 is 5.97 Å². The summed E-state index contributed by atoms with van der Waals surface area (Å²) in [5, 5.41) is 9.19. The van der Waals surface area contributed by atoms with Crippen LogP contribution in [0.25, 0.3) is 0 Å². The Hall–Kier alpha value is -2.36. The number of carboxylic acids is 1. The van der Waals surface area contributed by atoms with E-state index in [1.165, 1.54) is 6.07 Å². The van der Waals surface area contributed by atoms with E-state index in [9.17, 15) is 9.90 Å². The highest BCUT2D eigenvalue weighted by molar-refractivity contribution is 5.88. The van der Waals surface area contributed by atoms with Gasteiger partial charge in [-0.05, 0) is 37.5 Å². The van der Waals surface area contributed by atoms with Crippen LogP contribution < -0.4 is 4.74 Å². The van der Waals surface area contributed by atoms with Gasteiger partial charge in [0.15, 0.2) is 0 Å². The molecule has 0 spiro atoms. The molecule has 0 saturated heterocycles. The topological polar surface area (TPSA) is 59.4 Å². The molecular formula is C17H19NO3. The maximum absolute atomic E-state index is 11.2. The van der Waals surface area contributed by atoms with E-state index in [-0.39, 0.29) is 11.5 Å². The summed E-state index contributed by atoms with van der Waals surface area (Å²) in [6.07, 6.45) is 0. The first kappa shape index (κ1) is 15.0. The molecule has 1 aromatic carbocycles. The third-order valence-corrected chi connectivity index (χ3v) is 3.21. The van der Waals surface area contributed by atoms with Crippen molar-refractivity contribution in [2.45, 2.75) is 33.6 Å². The van der Waals surface area contributed by atoms with E-state index in [1.54, 1.807) is 6.07 Å². The van der Waals surface area contributed by atoms with Crippen molar-refractivity contribution in [2.24, 2.45) is 0 Å². The number of benzene rings is 1. The van der Waals surface area contributed by atoms with Gasteiger partial charge < -0.3 is 9.84 Å². The van der Waals surface area contributed by atoms with Gasteiger partial charge in [0, 0.05) is 11.8 Å². The van der Waals surface area contributed by atoms with Crippen molar-refractivity contribution in [3.63, 3.8) is 0 Å². The smallest absolute Gasteiger partial charge is 0.335 e. The van der Waals surface area contributed by atoms with Gasteiger partial charge in [0.2, 0.25) is 5.88 Å². The Morgan fingerprint density at radius 2 is 1.90 bits per heavy atom. The molecule has 0 radical (unpaired) electrons. The third-order valence-electron chi connectivity index (χ3n) is 3.21. The second-order valence-electron chi connectivity index (χ2n) is 5.45. The van der Waals surface area contributed by atoms with Crippen LogP contribution in [0.1, 0.15) is 46.9 Å². The van der Waals surface area contributed by atoms with E-state index >= 15 is 0 Å². The zero-order chi connectivity index (χ0) is 15.6. The molecule has 1 N–H and O–H groups in total. The van der Waals surface area contributed by atoms with Crippen molar-refractivity contribution in [1.82, 2.24) is 4.98 Å². The molecule has 0 aliphatic heterocycles. The standard InChI is InChI=1S/C17H19NO3/c1-10(2)14-8-13(17(19)20)9-16(18-14)21-15-6-5-11(3)7-12(15)4/h5-10H,1-4H3,(H,19,20). The van der Waals surface area contributed by atoms with Gasteiger partial charge in [0.05, 0.1) is 5.56 Å². The SMILES string of the molecule is Cc1ccc(Oc2cc(C(=O)O)cc(C(C)C)n2)c(C)c1. The number of carbonyl (C=O) groups is 1.